The summed E-state index contributed by atoms with van der Waals surface area (Å²) in [5.41, 5.74) is 0.567. The zero-order valence-corrected chi connectivity index (χ0v) is 13.6. The predicted molar refractivity (Wildman–Crippen MR) is 86.4 cm³/mol. The van der Waals surface area contributed by atoms with Gasteiger partial charge >= 0.3 is 5.97 Å². The Balaban J connectivity index is 1.66. The minimum atomic E-state index is -0.266. The molecule has 0 radical (unpaired) electrons. The summed E-state index contributed by atoms with van der Waals surface area (Å²) in [6, 6.07) is 6.99. The van der Waals surface area contributed by atoms with Gasteiger partial charge in [-0.1, -0.05) is 0 Å². The zero-order valence-electron chi connectivity index (χ0n) is 13.6. The molecule has 0 saturated carbocycles. The average Bonchev–Trinajstić information content (AvgIpc) is 2.76. The van der Waals surface area contributed by atoms with Crippen LogP contribution in [0.1, 0.15) is 23.2 Å². The molecule has 0 bridgehead atoms. The van der Waals surface area contributed by atoms with E-state index in [1.165, 1.54) is 13.0 Å². The van der Waals surface area contributed by atoms with E-state index >= 15 is 0 Å². The molecule has 0 aliphatic carbocycles. The summed E-state index contributed by atoms with van der Waals surface area (Å²) in [5.74, 6) is 0.473. The molecule has 1 heterocycles. The Morgan fingerprint density at radius 2 is 1.91 bits per heavy atom. The van der Waals surface area contributed by atoms with Gasteiger partial charge in [-0.05, 0) is 57.2 Å². The number of hydrogen-bond donors (Lipinski definition) is 0. The van der Waals surface area contributed by atoms with Gasteiger partial charge in [-0.25, -0.2) is 4.79 Å². The smallest absolute Gasteiger partial charge is 0.338 e. The van der Waals surface area contributed by atoms with Crippen molar-refractivity contribution in [3.05, 3.63) is 29.8 Å². The molecule has 0 spiro atoms. The Morgan fingerprint density at radius 3 is 2.64 bits per heavy atom. The fraction of sp³-hybridized carbons (Fsp3) is 0.588. The summed E-state index contributed by atoms with van der Waals surface area (Å²) in [6.45, 7) is 5.98. The van der Waals surface area contributed by atoms with Crippen molar-refractivity contribution in [1.29, 1.82) is 0 Å². The maximum absolute atomic E-state index is 11.9. The lowest BCUT2D eigenvalue weighted by molar-refractivity contribution is 0.0488. The van der Waals surface area contributed by atoms with E-state index < -0.39 is 0 Å². The van der Waals surface area contributed by atoms with Crippen LogP contribution < -0.4 is 4.74 Å². The van der Waals surface area contributed by atoms with E-state index in [4.69, 9.17) is 9.47 Å². The van der Waals surface area contributed by atoms with Gasteiger partial charge in [0.1, 0.15) is 5.75 Å². The van der Waals surface area contributed by atoms with Crippen molar-refractivity contribution in [3.63, 3.8) is 0 Å². The highest BCUT2D eigenvalue weighted by molar-refractivity contribution is 5.89. The third kappa shape index (κ3) is 5.31. The average molecular weight is 306 g/mol. The molecule has 1 fully saturated rings. The number of esters is 1. The monoisotopic (exact) mass is 306 g/mol. The van der Waals surface area contributed by atoms with Crippen molar-refractivity contribution in [2.24, 2.45) is 0 Å². The van der Waals surface area contributed by atoms with Crippen LogP contribution in [0.5, 0.6) is 5.75 Å². The fourth-order valence-corrected chi connectivity index (χ4v) is 2.59. The van der Waals surface area contributed by atoms with Crippen molar-refractivity contribution in [1.82, 2.24) is 9.80 Å². The molecule has 1 aromatic carbocycles. The molecule has 1 aromatic rings. The highest BCUT2D eigenvalue weighted by Gasteiger charge is 2.12. The van der Waals surface area contributed by atoms with Crippen LogP contribution in [-0.2, 0) is 4.74 Å². The maximum Gasteiger partial charge on any atom is 0.338 e. The molecule has 1 aliphatic heterocycles. The Kier molecular flexibility index (Phi) is 6.68. The number of methoxy groups -OCH3 is 1. The lowest BCUT2D eigenvalue weighted by Gasteiger charge is -2.19. The number of ether oxygens (including phenoxy) is 2. The molecule has 0 aromatic heterocycles. The van der Waals surface area contributed by atoms with Crippen LogP contribution in [0.4, 0.5) is 0 Å². The Morgan fingerprint density at radius 1 is 1.14 bits per heavy atom. The number of carbonyl (C=O) groups is 1. The van der Waals surface area contributed by atoms with Crippen molar-refractivity contribution < 1.29 is 14.3 Å². The topological polar surface area (TPSA) is 42.0 Å². The van der Waals surface area contributed by atoms with E-state index in [1.807, 2.05) is 0 Å². The number of carbonyl (C=O) groups excluding carboxylic acids is 1. The molecule has 2 rings (SSSR count). The summed E-state index contributed by atoms with van der Waals surface area (Å²) in [4.78, 5) is 16.7. The molecule has 22 heavy (non-hydrogen) atoms. The van der Waals surface area contributed by atoms with Crippen molar-refractivity contribution in [2.45, 2.75) is 12.8 Å². The van der Waals surface area contributed by atoms with Crippen LogP contribution >= 0.6 is 0 Å². The van der Waals surface area contributed by atoms with E-state index in [0.717, 1.165) is 38.3 Å². The van der Waals surface area contributed by atoms with Crippen molar-refractivity contribution >= 4 is 5.97 Å². The van der Waals surface area contributed by atoms with Gasteiger partial charge in [0.15, 0.2) is 0 Å². The van der Waals surface area contributed by atoms with Crippen LogP contribution in [0.25, 0.3) is 0 Å². The van der Waals surface area contributed by atoms with Crippen LogP contribution in [0.2, 0.25) is 0 Å². The molecular weight excluding hydrogens is 280 g/mol. The minimum absolute atomic E-state index is 0.266. The van der Waals surface area contributed by atoms with Crippen LogP contribution in [0.3, 0.4) is 0 Å². The lowest BCUT2D eigenvalue weighted by atomic mass is 10.2. The number of likely N-dealkylation sites (N-methyl/N-ethyl adjacent to an activating group) is 1. The molecule has 5 nitrogen and oxygen atoms in total. The first kappa shape index (κ1) is 16.8. The second-order valence-corrected chi connectivity index (χ2v) is 5.72. The van der Waals surface area contributed by atoms with E-state index in [2.05, 4.69) is 16.8 Å². The van der Waals surface area contributed by atoms with Gasteiger partial charge in [0.05, 0.1) is 19.3 Å². The van der Waals surface area contributed by atoms with Gasteiger partial charge in [-0.2, -0.15) is 0 Å². The first-order chi connectivity index (χ1) is 10.7. The highest BCUT2D eigenvalue weighted by atomic mass is 16.5. The number of nitrogens with zero attached hydrogens (tertiary/aromatic N) is 2. The van der Waals surface area contributed by atoms with E-state index in [0.29, 0.717) is 12.2 Å². The second kappa shape index (κ2) is 8.76. The summed E-state index contributed by atoms with van der Waals surface area (Å²) in [7, 11) is 3.77. The first-order valence-electron chi connectivity index (χ1n) is 7.91. The predicted octanol–water partition coefficient (Wildman–Crippen LogP) is 1.88. The normalized spacial score (nSPS) is 17.0. The van der Waals surface area contributed by atoms with Crippen LogP contribution in [0.15, 0.2) is 24.3 Å². The van der Waals surface area contributed by atoms with Gasteiger partial charge in [0.25, 0.3) is 0 Å². The second-order valence-electron chi connectivity index (χ2n) is 5.72. The molecule has 1 aliphatic rings. The number of hydrogen-bond acceptors (Lipinski definition) is 5. The first-order valence-corrected chi connectivity index (χ1v) is 7.91. The number of benzene rings is 1. The standard InChI is InChI=1S/C17H26N2O3/c1-18-9-3-10-19(13-12-18)11-4-14-22-17(20)15-5-7-16(21-2)8-6-15/h5-8H,3-4,9-14H2,1-2H3. The van der Waals surface area contributed by atoms with Gasteiger partial charge in [-0.15, -0.1) is 0 Å². The summed E-state index contributed by atoms with van der Waals surface area (Å²) >= 11 is 0. The SMILES string of the molecule is COc1ccc(C(=O)OCCCN2CCCN(C)CC2)cc1. The molecule has 5 heteroatoms. The van der Waals surface area contributed by atoms with E-state index in [-0.39, 0.29) is 5.97 Å². The van der Waals surface area contributed by atoms with Gasteiger partial charge < -0.3 is 19.3 Å². The van der Waals surface area contributed by atoms with Crippen LogP contribution in [0, 0.1) is 0 Å². The third-order valence-corrected chi connectivity index (χ3v) is 3.99. The van der Waals surface area contributed by atoms with Crippen molar-refractivity contribution in [2.75, 3.05) is 53.5 Å². The molecule has 0 unspecified atom stereocenters. The summed E-state index contributed by atoms with van der Waals surface area (Å²) in [5, 5.41) is 0. The quantitative estimate of drug-likeness (QED) is 0.593. The Hall–Kier alpha value is -1.59. The summed E-state index contributed by atoms with van der Waals surface area (Å²) in [6.07, 6.45) is 2.09. The van der Waals surface area contributed by atoms with Crippen LogP contribution in [-0.4, -0.2) is 69.3 Å². The third-order valence-electron chi connectivity index (χ3n) is 3.99. The molecular formula is C17H26N2O3. The maximum atomic E-state index is 11.9. The minimum Gasteiger partial charge on any atom is -0.497 e. The highest BCUT2D eigenvalue weighted by Crippen LogP contribution is 2.12. The molecule has 0 amide bonds. The zero-order chi connectivity index (χ0) is 15.8. The lowest BCUT2D eigenvalue weighted by Crippen LogP contribution is -2.30. The largest absolute Gasteiger partial charge is 0.497 e. The fourth-order valence-electron chi connectivity index (χ4n) is 2.59. The number of rotatable bonds is 6. The Bertz CT molecular complexity index is 461. The summed E-state index contributed by atoms with van der Waals surface area (Å²) < 4.78 is 10.4. The molecule has 0 N–H and O–H groups in total. The molecule has 1 saturated heterocycles. The van der Waals surface area contributed by atoms with E-state index in [1.54, 1.807) is 31.4 Å². The molecule has 122 valence electrons. The van der Waals surface area contributed by atoms with Gasteiger partial charge in [0.2, 0.25) is 0 Å². The Labute approximate surface area is 132 Å². The van der Waals surface area contributed by atoms with Gasteiger partial charge in [-0.3, -0.25) is 0 Å². The molecule has 0 atom stereocenters. The van der Waals surface area contributed by atoms with Crippen molar-refractivity contribution in [3.8, 4) is 5.75 Å². The van der Waals surface area contributed by atoms with E-state index in [9.17, 15) is 4.79 Å². The van der Waals surface area contributed by atoms with Gasteiger partial charge in [0, 0.05) is 19.6 Å².